The molecule has 1 aromatic carbocycles. The monoisotopic (exact) mass is 278 g/mol. The van der Waals surface area contributed by atoms with Crippen LogP contribution in [0, 0.1) is 0 Å². The molecule has 1 heterocycles. The highest BCUT2D eigenvalue weighted by Gasteiger charge is 2.08. The third-order valence-corrected chi connectivity index (χ3v) is 3.93. The van der Waals surface area contributed by atoms with Gasteiger partial charge < -0.3 is 9.64 Å². The second-order valence-corrected chi connectivity index (χ2v) is 5.57. The highest BCUT2D eigenvalue weighted by atomic mass is 16.5. The van der Waals surface area contributed by atoms with E-state index in [1.54, 1.807) is 0 Å². The van der Waals surface area contributed by atoms with Crippen LogP contribution >= 0.6 is 0 Å². The second-order valence-electron chi connectivity index (χ2n) is 5.57. The molecule has 1 N–H and O–H groups in total. The van der Waals surface area contributed by atoms with Gasteiger partial charge >= 0.3 is 0 Å². The number of aryl methyl sites for hydroxylation is 1. The van der Waals surface area contributed by atoms with Crippen LogP contribution in [0.2, 0.25) is 0 Å². The first-order valence-electron chi connectivity index (χ1n) is 7.97. The summed E-state index contributed by atoms with van der Waals surface area (Å²) in [6, 6.07) is 8.64. The Kier molecular flexibility index (Phi) is 7.06. The van der Waals surface area contributed by atoms with E-state index in [2.05, 4.69) is 41.4 Å². The molecule has 3 heteroatoms. The van der Waals surface area contributed by atoms with Gasteiger partial charge in [-0.15, -0.1) is 0 Å². The van der Waals surface area contributed by atoms with E-state index in [-0.39, 0.29) is 1.43 Å². The van der Waals surface area contributed by atoms with Gasteiger partial charge in [0.25, 0.3) is 0 Å². The van der Waals surface area contributed by atoms with E-state index in [4.69, 9.17) is 4.74 Å². The van der Waals surface area contributed by atoms with Crippen molar-refractivity contribution in [1.82, 2.24) is 10.2 Å². The topological polar surface area (TPSA) is 24.5 Å². The van der Waals surface area contributed by atoms with Crippen molar-refractivity contribution in [1.29, 1.82) is 0 Å². The molecular weight excluding hydrogens is 248 g/mol. The maximum atomic E-state index is 5.68. The van der Waals surface area contributed by atoms with E-state index in [1.165, 1.54) is 43.5 Å². The Morgan fingerprint density at radius 1 is 1.20 bits per heavy atom. The maximum absolute atomic E-state index is 5.68. The van der Waals surface area contributed by atoms with E-state index < -0.39 is 0 Å². The minimum atomic E-state index is 0. The molecule has 0 aliphatic carbocycles. The van der Waals surface area contributed by atoms with E-state index >= 15 is 0 Å². The van der Waals surface area contributed by atoms with Gasteiger partial charge in [0.2, 0.25) is 0 Å². The van der Waals surface area contributed by atoms with Crippen LogP contribution in [-0.2, 0) is 17.8 Å². The van der Waals surface area contributed by atoms with Gasteiger partial charge in [-0.1, -0.05) is 37.6 Å². The van der Waals surface area contributed by atoms with Gasteiger partial charge in [0, 0.05) is 14.5 Å². The summed E-state index contributed by atoms with van der Waals surface area (Å²) in [6.45, 7) is 8.24. The molecule has 0 aromatic heterocycles. The molecule has 0 spiro atoms. The SMILES string of the molecule is CCc1cccc(COCNCCN2CCCCC2)c1.[HH]. The number of likely N-dealkylation sites (tertiary alicyclic amines) is 1. The largest absolute Gasteiger partial charge is 0.362 e. The van der Waals surface area contributed by atoms with E-state index in [9.17, 15) is 0 Å². The van der Waals surface area contributed by atoms with Crippen LogP contribution in [0.4, 0.5) is 0 Å². The van der Waals surface area contributed by atoms with Crippen molar-refractivity contribution in [2.75, 3.05) is 32.9 Å². The average molecular weight is 278 g/mol. The smallest absolute Gasteiger partial charge is 0.0970 e. The summed E-state index contributed by atoms with van der Waals surface area (Å²) >= 11 is 0. The van der Waals surface area contributed by atoms with Crippen LogP contribution < -0.4 is 5.32 Å². The lowest BCUT2D eigenvalue weighted by atomic mass is 10.1. The summed E-state index contributed by atoms with van der Waals surface area (Å²) < 4.78 is 5.68. The molecule has 0 saturated carbocycles. The standard InChI is InChI=1S/C17H28N2O.H2/c1-2-16-7-6-8-17(13-16)14-20-15-18-9-12-19-10-4-3-5-11-19;/h6-8,13,18H,2-5,9-12,14-15H2,1H3;1H. The fourth-order valence-electron chi connectivity index (χ4n) is 2.67. The molecule has 1 saturated heterocycles. The summed E-state index contributed by atoms with van der Waals surface area (Å²) in [5, 5.41) is 3.37. The van der Waals surface area contributed by atoms with Gasteiger partial charge in [-0.05, 0) is 43.5 Å². The molecule has 1 aromatic rings. The third-order valence-electron chi connectivity index (χ3n) is 3.93. The van der Waals surface area contributed by atoms with Crippen molar-refractivity contribution >= 4 is 0 Å². The molecule has 0 amide bonds. The molecule has 0 bridgehead atoms. The van der Waals surface area contributed by atoms with Crippen molar-refractivity contribution < 1.29 is 6.16 Å². The van der Waals surface area contributed by atoms with Gasteiger partial charge in [0.05, 0.1) is 13.3 Å². The van der Waals surface area contributed by atoms with Crippen molar-refractivity contribution in [2.24, 2.45) is 0 Å². The quantitative estimate of drug-likeness (QED) is 0.584. The fraction of sp³-hybridized carbons (Fsp3) is 0.647. The number of benzene rings is 1. The highest BCUT2D eigenvalue weighted by Crippen LogP contribution is 2.08. The van der Waals surface area contributed by atoms with Gasteiger partial charge in [-0.25, -0.2) is 0 Å². The number of piperidine rings is 1. The molecular formula is C17H30N2O. The van der Waals surface area contributed by atoms with E-state index in [0.717, 1.165) is 19.5 Å². The molecule has 0 unspecified atom stereocenters. The van der Waals surface area contributed by atoms with Crippen LogP contribution in [0.1, 0.15) is 38.7 Å². The molecule has 114 valence electrons. The number of hydrogen-bond acceptors (Lipinski definition) is 3. The Morgan fingerprint density at radius 2 is 2.00 bits per heavy atom. The first-order chi connectivity index (χ1) is 9.88. The van der Waals surface area contributed by atoms with Crippen LogP contribution in [0.5, 0.6) is 0 Å². The molecule has 1 aliphatic heterocycles. The average Bonchev–Trinajstić information content (AvgIpc) is 2.52. The molecule has 1 fully saturated rings. The number of nitrogens with one attached hydrogen (secondary N) is 1. The zero-order valence-corrected chi connectivity index (χ0v) is 12.7. The van der Waals surface area contributed by atoms with Crippen LogP contribution in [-0.4, -0.2) is 37.8 Å². The molecule has 0 radical (unpaired) electrons. The molecule has 3 nitrogen and oxygen atoms in total. The number of nitrogens with zero attached hydrogens (tertiary/aromatic N) is 1. The van der Waals surface area contributed by atoms with E-state index in [1.807, 2.05) is 0 Å². The zero-order chi connectivity index (χ0) is 14.0. The summed E-state index contributed by atoms with van der Waals surface area (Å²) in [6.07, 6.45) is 5.22. The lowest BCUT2D eigenvalue weighted by Crippen LogP contribution is -2.36. The second kappa shape index (κ2) is 9.11. The molecule has 0 atom stereocenters. The van der Waals surface area contributed by atoms with Gasteiger partial charge in [0.1, 0.15) is 0 Å². The molecule has 2 rings (SSSR count). The van der Waals surface area contributed by atoms with Gasteiger partial charge in [-0.2, -0.15) is 0 Å². The minimum absolute atomic E-state index is 0. The maximum Gasteiger partial charge on any atom is 0.0970 e. The lowest BCUT2D eigenvalue weighted by Gasteiger charge is -2.26. The number of hydrogen-bond donors (Lipinski definition) is 1. The Balaban J connectivity index is 0.00000220. The predicted octanol–water partition coefficient (Wildman–Crippen LogP) is 3.04. The third kappa shape index (κ3) is 5.61. The van der Waals surface area contributed by atoms with Gasteiger partial charge in [0.15, 0.2) is 0 Å². The summed E-state index contributed by atoms with van der Waals surface area (Å²) in [5.74, 6) is 0. The van der Waals surface area contributed by atoms with Crippen molar-refractivity contribution in [2.45, 2.75) is 39.2 Å². The molecule has 20 heavy (non-hydrogen) atoms. The van der Waals surface area contributed by atoms with Crippen LogP contribution in [0.25, 0.3) is 0 Å². The summed E-state index contributed by atoms with van der Waals surface area (Å²) in [5.41, 5.74) is 2.64. The minimum Gasteiger partial charge on any atom is -0.362 e. The van der Waals surface area contributed by atoms with Crippen LogP contribution in [0.3, 0.4) is 0 Å². The lowest BCUT2D eigenvalue weighted by molar-refractivity contribution is 0.0999. The Morgan fingerprint density at radius 3 is 2.80 bits per heavy atom. The fourth-order valence-corrected chi connectivity index (χ4v) is 2.67. The first kappa shape index (κ1) is 15.5. The zero-order valence-electron chi connectivity index (χ0n) is 12.7. The van der Waals surface area contributed by atoms with Crippen molar-refractivity contribution in [3.63, 3.8) is 0 Å². The van der Waals surface area contributed by atoms with Gasteiger partial charge in [-0.3, -0.25) is 5.32 Å². The van der Waals surface area contributed by atoms with Crippen LogP contribution in [0.15, 0.2) is 24.3 Å². The number of rotatable bonds is 8. The Labute approximate surface area is 124 Å². The highest BCUT2D eigenvalue weighted by molar-refractivity contribution is 5.22. The summed E-state index contributed by atoms with van der Waals surface area (Å²) in [4.78, 5) is 2.54. The Hall–Kier alpha value is -0.900. The van der Waals surface area contributed by atoms with Crippen molar-refractivity contribution in [3.05, 3.63) is 35.4 Å². The van der Waals surface area contributed by atoms with Crippen molar-refractivity contribution in [3.8, 4) is 0 Å². The normalized spacial score (nSPS) is 16.4. The van der Waals surface area contributed by atoms with E-state index in [0.29, 0.717) is 13.3 Å². The Bertz CT molecular complexity index is 381. The predicted molar refractivity (Wildman–Crippen MR) is 85.9 cm³/mol. The summed E-state index contributed by atoms with van der Waals surface area (Å²) in [7, 11) is 0. The first-order valence-corrected chi connectivity index (χ1v) is 7.97. The molecule has 1 aliphatic rings. The number of ether oxygens (including phenoxy) is 1.